The first kappa shape index (κ1) is 14.7. The molecule has 1 fully saturated rings. The Balaban J connectivity index is 0.00000144. The molecule has 0 unspecified atom stereocenters. The van der Waals surface area contributed by atoms with Crippen molar-refractivity contribution in [3.8, 4) is 0 Å². The van der Waals surface area contributed by atoms with E-state index in [0.717, 1.165) is 12.8 Å². The number of rotatable bonds is 2. The summed E-state index contributed by atoms with van der Waals surface area (Å²) < 4.78 is 18.9. The number of hydrogen-bond donors (Lipinski definition) is 1. The summed E-state index contributed by atoms with van der Waals surface area (Å²) in [5.74, 6) is 0.00473. The molecule has 0 spiro atoms. The van der Waals surface area contributed by atoms with Crippen molar-refractivity contribution in [1.29, 1.82) is 0 Å². The van der Waals surface area contributed by atoms with E-state index in [2.05, 4.69) is 0 Å². The van der Waals surface area contributed by atoms with Crippen LogP contribution >= 0.6 is 24.0 Å². The minimum Gasteiger partial charge on any atom is -0.381 e. The van der Waals surface area contributed by atoms with Gasteiger partial charge in [-0.05, 0) is 37.0 Å². The summed E-state index contributed by atoms with van der Waals surface area (Å²) in [6.07, 6.45) is 1.76. The first-order chi connectivity index (χ1) is 7.68. The Hall–Kier alpha value is -0.350. The highest BCUT2D eigenvalue weighted by atomic mass is 35.5. The fraction of sp³-hybridized carbons (Fsp3) is 0.500. The van der Waals surface area contributed by atoms with E-state index in [4.69, 9.17) is 22.1 Å². The average molecular weight is 280 g/mol. The van der Waals surface area contributed by atoms with Crippen molar-refractivity contribution >= 4 is 24.0 Å². The van der Waals surface area contributed by atoms with Crippen molar-refractivity contribution in [3.63, 3.8) is 0 Å². The fourth-order valence-electron chi connectivity index (χ4n) is 2.10. The van der Waals surface area contributed by atoms with E-state index in [-0.39, 0.29) is 30.2 Å². The summed E-state index contributed by atoms with van der Waals surface area (Å²) in [6.45, 7) is 1.42. The van der Waals surface area contributed by atoms with Crippen molar-refractivity contribution in [1.82, 2.24) is 0 Å². The van der Waals surface area contributed by atoms with Gasteiger partial charge in [0.05, 0.1) is 0 Å². The number of halogens is 3. The first-order valence-corrected chi connectivity index (χ1v) is 5.84. The van der Waals surface area contributed by atoms with E-state index in [9.17, 15) is 4.39 Å². The number of benzene rings is 1. The van der Waals surface area contributed by atoms with Gasteiger partial charge in [-0.2, -0.15) is 0 Å². The zero-order chi connectivity index (χ0) is 11.5. The van der Waals surface area contributed by atoms with E-state index in [1.807, 2.05) is 0 Å². The molecule has 96 valence electrons. The molecule has 1 heterocycles. The Labute approximate surface area is 112 Å². The number of ether oxygens (including phenoxy) is 1. The number of nitrogens with two attached hydrogens (primary N) is 1. The van der Waals surface area contributed by atoms with Crippen molar-refractivity contribution < 1.29 is 9.13 Å². The standard InChI is InChI=1S/C12H15ClFNO.ClH/c13-9-1-2-11(14)10(7-9)12(15)8-3-5-16-6-4-8;/h1-2,7-8,12H,3-6,15H2;1H/t12-;/m0./s1. The minimum absolute atomic E-state index is 0. The summed E-state index contributed by atoms with van der Waals surface area (Å²) in [6, 6.07) is 4.24. The highest BCUT2D eigenvalue weighted by Gasteiger charge is 2.24. The van der Waals surface area contributed by atoms with Crippen molar-refractivity contribution in [3.05, 3.63) is 34.6 Å². The van der Waals surface area contributed by atoms with Crippen LogP contribution in [-0.2, 0) is 4.74 Å². The van der Waals surface area contributed by atoms with Crippen LogP contribution in [-0.4, -0.2) is 13.2 Å². The Morgan fingerprint density at radius 3 is 2.65 bits per heavy atom. The molecule has 2 N–H and O–H groups in total. The van der Waals surface area contributed by atoms with Crippen LogP contribution in [0.25, 0.3) is 0 Å². The summed E-state index contributed by atoms with van der Waals surface area (Å²) in [5.41, 5.74) is 6.60. The molecule has 1 aliphatic heterocycles. The van der Waals surface area contributed by atoms with E-state index < -0.39 is 0 Å². The van der Waals surface area contributed by atoms with Gasteiger partial charge in [-0.3, -0.25) is 0 Å². The molecule has 0 saturated carbocycles. The molecule has 0 radical (unpaired) electrons. The van der Waals surface area contributed by atoms with Crippen molar-refractivity contribution in [2.24, 2.45) is 11.7 Å². The normalized spacial score (nSPS) is 18.5. The second-order valence-electron chi connectivity index (χ2n) is 4.14. The Morgan fingerprint density at radius 1 is 1.35 bits per heavy atom. The SMILES string of the molecule is Cl.N[C@H](c1cc(Cl)ccc1F)C1CCOCC1. The summed E-state index contributed by atoms with van der Waals surface area (Å²) in [5, 5.41) is 0.527. The highest BCUT2D eigenvalue weighted by Crippen LogP contribution is 2.30. The smallest absolute Gasteiger partial charge is 0.128 e. The molecule has 17 heavy (non-hydrogen) atoms. The molecule has 2 rings (SSSR count). The van der Waals surface area contributed by atoms with Crippen molar-refractivity contribution in [2.45, 2.75) is 18.9 Å². The molecule has 0 amide bonds. The summed E-state index contributed by atoms with van der Waals surface area (Å²) in [4.78, 5) is 0. The van der Waals surface area contributed by atoms with Gasteiger partial charge in [0.1, 0.15) is 5.82 Å². The molecule has 1 saturated heterocycles. The van der Waals surface area contributed by atoms with Gasteiger partial charge in [0.2, 0.25) is 0 Å². The molecular formula is C12H16Cl2FNO. The fourth-order valence-corrected chi connectivity index (χ4v) is 2.28. The third-order valence-electron chi connectivity index (χ3n) is 3.09. The van der Waals surface area contributed by atoms with Gasteiger partial charge in [0.25, 0.3) is 0 Å². The molecule has 0 aliphatic carbocycles. The Morgan fingerprint density at radius 2 is 2.00 bits per heavy atom. The maximum absolute atomic E-state index is 13.6. The molecule has 0 bridgehead atoms. The lowest BCUT2D eigenvalue weighted by Gasteiger charge is -2.28. The molecule has 1 aromatic carbocycles. The third-order valence-corrected chi connectivity index (χ3v) is 3.33. The second-order valence-corrected chi connectivity index (χ2v) is 4.58. The molecule has 1 atom stereocenters. The van der Waals surface area contributed by atoms with Crippen molar-refractivity contribution in [2.75, 3.05) is 13.2 Å². The van der Waals surface area contributed by atoms with Crippen LogP contribution in [0.5, 0.6) is 0 Å². The van der Waals surface area contributed by atoms with E-state index >= 15 is 0 Å². The van der Waals surface area contributed by atoms with Gasteiger partial charge in [-0.1, -0.05) is 11.6 Å². The third kappa shape index (κ3) is 3.55. The van der Waals surface area contributed by atoms with E-state index in [0.29, 0.717) is 23.8 Å². The maximum atomic E-state index is 13.6. The van der Waals surface area contributed by atoms with Gasteiger partial charge in [-0.15, -0.1) is 12.4 Å². The monoisotopic (exact) mass is 279 g/mol. The summed E-state index contributed by atoms with van der Waals surface area (Å²) >= 11 is 5.85. The lowest BCUT2D eigenvalue weighted by molar-refractivity contribution is 0.0580. The van der Waals surface area contributed by atoms with Crippen LogP contribution in [0.1, 0.15) is 24.4 Å². The number of hydrogen-bond acceptors (Lipinski definition) is 2. The van der Waals surface area contributed by atoms with Gasteiger partial charge < -0.3 is 10.5 Å². The van der Waals surface area contributed by atoms with Gasteiger partial charge >= 0.3 is 0 Å². The van der Waals surface area contributed by atoms with Gasteiger partial charge in [0.15, 0.2) is 0 Å². The molecule has 2 nitrogen and oxygen atoms in total. The zero-order valence-corrected chi connectivity index (χ0v) is 10.9. The Bertz CT molecular complexity index is 370. The average Bonchev–Trinajstić information content (AvgIpc) is 2.32. The minimum atomic E-state index is -0.289. The second kappa shape index (κ2) is 6.55. The van der Waals surface area contributed by atoms with Crippen LogP contribution in [0.2, 0.25) is 5.02 Å². The quantitative estimate of drug-likeness (QED) is 0.901. The predicted molar refractivity (Wildman–Crippen MR) is 69.1 cm³/mol. The molecular weight excluding hydrogens is 264 g/mol. The lowest BCUT2D eigenvalue weighted by atomic mass is 9.87. The van der Waals surface area contributed by atoms with E-state index in [1.165, 1.54) is 12.1 Å². The maximum Gasteiger partial charge on any atom is 0.128 e. The highest BCUT2D eigenvalue weighted by molar-refractivity contribution is 6.30. The zero-order valence-electron chi connectivity index (χ0n) is 9.36. The molecule has 1 aromatic rings. The van der Waals surface area contributed by atoms with E-state index in [1.54, 1.807) is 6.07 Å². The van der Waals surface area contributed by atoms with Crippen LogP contribution in [0, 0.1) is 11.7 Å². The first-order valence-electron chi connectivity index (χ1n) is 5.47. The van der Waals surface area contributed by atoms with Crippen LogP contribution in [0.4, 0.5) is 4.39 Å². The predicted octanol–water partition coefficient (Wildman–Crippen LogP) is 3.33. The molecule has 1 aliphatic rings. The van der Waals surface area contributed by atoms with Crippen LogP contribution in [0.3, 0.4) is 0 Å². The Kier molecular flexibility index (Phi) is 5.67. The lowest BCUT2D eigenvalue weighted by Crippen LogP contribution is -2.28. The molecule has 5 heteroatoms. The molecule has 0 aromatic heterocycles. The van der Waals surface area contributed by atoms with Crippen LogP contribution in [0.15, 0.2) is 18.2 Å². The van der Waals surface area contributed by atoms with Gasteiger partial charge in [0, 0.05) is 29.8 Å². The largest absolute Gasteiger partial charge is 0.381 e. The van der Waals surface area contributed by atoms with Gasteiger partial charge in [-0.25, -0.2) is 4.39 Å². The summed E-state index contributed by atoms with van der Waals surface area (Å²) in [7, 11) is 0. The topological polar surface area (TPSA) is 35.2 Å². The van der Waals surface area contributed by atoms with Crippen LogP contribution < -0.4 is 5.73 Å².